The number of piperidine rings is 1. The second kappa shape index (κ2) is 11.2. The monoisotopic (exact) mass is 595 g/mol. The number of fused-ring (bicyclic) bond motifs is 1. The third-order valence-electron chi connectivity index (χ3n) is 9.69. The lowest BCUT2D eigenvalue weighted by Gasteiger charge is -2.37. The molecule has 4 heterocycles. The Bertz CT molecular complexity index is 1630. The van der Waals surface area contributed by atoms with E-state index in [-0.39, 0.29) is 29.6 Å². The van der Waals surface area contributed by atoms with E-state index in [1.807, 2.05) is 52.8 Å². The fourth-order valence-corrected chi connectivity index (χ4v) is 7.07. The number of amides is 3. The van der Waals surface area contributed by atoms with Crippen molar-refractivity contribution in [2.24, 2.45) is 16.8 Å². The third-order valence-corrected chi connectivity index (χ3v) is 9.69. The third kappa shape index (κ3) is 5.42. The summed E-state index contributed by atoms with van der Waals surface area (Å²) in [4.78, 5) is 52.6. The largest absolute Gasteiger partial charge is 0.461 e. The van der Waals surface area contributed by atoms with Gasteiger partial charge in [-0.25, -0.2) is 0 Å². The number of likely N-dealkylation sites (tertiary alicyclic amines) is 2. The first-order valence-corrected chi connectivity index (χ1v) is 15.9. The second-order valence-electron chi connectivity index (χ2n) is 13.4. The van der Waals surface area contributed by atoms with Crippen molar-refractivity contribution < 1.29 is 18.8 Å². The lowest BCUT2D eigenvalue weighted by molar-refractivity contribution is -0.138. The summed E-state index contributed by atoms with van der Waals surface area (Å²) < 4.78 is 5.75. The second-order valence-corrected chi connectivity index (χ2v) is 13.4. The van der Waals surface area contributed by atoms with Crippen LogP contribution in [0.15, 0.2) is 57.9 Å². The van der Waals surface area contributed by atoms with E-state index >= 15 is 0 Å². The lowest BCUT2D eigenvalue weighted by Crippen LogP contribution is -2.53. The van der Waals surface area contributed by atoms with Crippen LogP contribution in [-0.4, -0.2) is 102 Å². The van der Waals surface area contributed by atoms with Gasteiger partial charge in [-0.15, -0.1) is 0 Å². The van der Waals surface area contributed by atoms with Crippen molar-refractivity contribution in [1.29, 1.82) is 0 Å². The number of nitrogens with zero attached hydrogens (tertiary/aromatic N) is 5. The maximum Gasteiger partial charge on any atom is 0.256 e. The number of hydrogen-bond acceptors (Lipinski definition) is 6. The topological polar surface area (TPSA) is 89.7 Å². The first kappa shape index (κ1) is 28.8. The van der Waals surface area contributed by atoms with Crippen LogP contribution in [0.3, 0.4) is 0 Å². The van der Waals surface area contributed by atoms with Crippen LogP contribution < -0.4 is 0 Å². The number of aliphatic imine (C=N–C) groups is 1. The van der Waals surface area contributed by atoms with Crippen molar-refractivity contribution in [1.82, 2.24) is 19.6 Å². The van der Waals surface area contributed by atoms with Gasteiger partial charge in [-0.05, 0) is 88.4 Å². The fraction of sp³-hybridized carbons (Fsp3) is 0.486. The van der Waals surface area contributed by atoms with E-state index in [9.17, 15) is 14.4 Å². The van der Waals surface area contributed by atoms with Crippen LogP contribution in [0, 0.1) is 18.8 Å². The number of likely N-dealkylation sites (N-methyl/N-ethyl adjacent to an activating group) is 1. The predicted octanol–water partition coefficient (Wildman–Crippen LogP) is 4.18. The van der Waals surface area contributed by atoms with Gasteiger partial charge in [0.25, 0.3) is 5.91 Å². The summed E-state index contributed by atoms with van der Waals surface area (Å²) in [6.45, 7) is 5.36. The maximum atomic E-state index is 14.3. The highest BCUT2D eigenvalue weighted by molar-refractivity contribution is 6.15. The van der Waals surface area contributed by atoms with Gasteiger partial charge in [0, 0.05) is 49.6 Å². The number of hydrogen-bond donors (Lipinski definition) is 0. The Morgan fingerprint density at radius 2 is 1.64 bits per heavy atom. The molecule has 3 amide bonds. The van der Waals surface area contributed by atoms with Gasteiger partial charge < -0.3 is 19.1 Å². The Morgan fingerprint density at radius 3 is 2.34 bits per heavy atom. The zero-order chi connectivity index (χ0) is 30.6. The zero-order valence-corrected chi connectivity index (χ0v) is 25.9. The van der Waals surface area contributed by atoms with Crippen LogP contribution >= 0.6 is 0 Å². The van der Waals surface area contributed by atoms with Crippen molar-refractivity contribution in [3.05, 3.63) is 59.9 Å². The lowest BCUT2D eigenvalue weighted by atomic mass is 9.87. The number of amidine groups is 1. The van der Waals surface area contributed by atoms with Crippen LogP contribution in [0.1, 0.15) is 43.4 Å². The van der Waals surface area contributed by atoms with Crippen LogP contribution in [0.25, 0.3) is 22.1 Å². The summed E-state index contributed by atoms with van der Waals surface area (Å²) in [6.07, 6.45) is 3.94. The smallest absolute Gasteiger partial charge is 0.256 e. The van der Waals surface area contributed by atoms with Crippen molar-refractivity contribution >= 4 is 34.5 Å². The van der Waals surface area contributed by atoms with Crippen molar-refractivity contribution in [3.63, 3.8) is 0 Å². The van der Waals surface area contributed by atoms with Crippen LogP contribution in [0.5, 0.6) is 0 Å². The zero-order valence-electron chi connectivity index (χ0n) is 25.9. The summed E-state index contributed by atoms with van der Waals surface area (Å²) in [5, 5.41) is 1.07. The molecule has 1 aliphatic carbocycles. The average Bonchev–Trinajstić information content (AvgIpc) is 3.56. The molecular formula is C35H41N5O4. The molecule has 7 rings (SSSR count). The molecule has 44 heavy (non-hydrogen) atoms. The number of carbonyl (C=O) groups excluding carboxylic acids is 3. The SMILES string of the molecule is Cc1cc2cc(-c3ccc(C4=NC5(CCN(C(=O)CN(C)C)CC5)C(=O)N4C[C@@H]4CCN(C(=O)C5CC5)C4)cc3)ccc2o1. The molecular weight excluding hydrogens is 554 g/mol. The Labute approximate surface area is 258 Å². The first-order valence-electron chi connectivity index (χ1n) is 15.9. The first-order chi connectivity index (χ1) is 21.2. The van der Waals surface area contributed by atoms with Gasteiger partial charge >= 0.3 is 0 Å². The van der Waals surface area contributed by atoms with Gasteiger partial charge in [-0.2, -0.15) is 0 Å². The molecule has 9 nitrogen and oxygen atoms in total. The van der Waals surface area contributed by atoms with Gasteiger partial charge in [0.15, 0.2) is 0 Å². The maximum absolute atomic E-state index is 14.3. The average molecular weight is 596 g/mol. The Kier molecular flexibility index (Phi) is 7.31. The molecule has 0 unspecified atom stereocenters. The minimum absolute atomic E-state index is 0.0315. The molecule has 4 aliphatic rings. The summed E-state index contributed by atoms with van der Waals surface area (Å²) in [5.74, 6) is 2.42. The molecule has 230 valence electrons. The van der Waals surface area contributed by atoms with Crippen molar-refractivity contribution in [2.75, 3.05) is 53.4 Å². The number of benzene rings is 2. The van der Waals surface area contributed by atoms with E-state index in [0.29, 0.717) is 51.4 Å². The molecule has 9 heteroatoms. The van der Waals surface area contributed by atoms with E-state index in [1.54, 1.807) is 0 Å². The van der Waals surface area contributed by atoms with E-state index in [1.165, 1.54) is 0 Å². The molecule has 2 aromatic carbocycles. The minimum atomic E-state index is -0.852. The Balaban J connectivity index is 1.14. The fourth-order valence-electron chi connectivity index (χ4n) is 7.07. The summed E-state index contributed by atoms with van der Waals surface area (Å²) in [7, 11) is 3.78. The molecule has 0 radical (unpaired) electrons. The van der Waals surface area contributed by atoms with Gasteiger partial charge in [0.05, 0.1) is 6.54 Å². The van der Waals surface area contributed by atoms with Gasteiger partial charge in [0.2, 0.25) is 11.8 Å². The Morgan fingerprint density at radius 1 is 0.932 bits per heavy atom. The Hall–Kier alpha value is -3.98. The van der Waals surface area contributed by atoms with Crippen LogP contribution in [-0.2, 0) is 14.4 Å². The predicted molar refractivity (Wildman–Crippen MR) is 169 cm³/mol. The molecule has 3 aromatic rings. The molecule has 2 saturated heterocycles. The van der Waals surface area contributed by atoms with Gasteiger partial charge in [-0.3, -0.25) is 24.3 Å². The number of carbonyl (C=O) groups is 3. The number of rotatable bonds is 7. The van der Waals surface area contributed by atoms with Crippen LogP contribution in [0.2, 0.25) is 0 Å². The standard InChI is InChI=1S/C35H41N5O4/c1-23-18-29-19-28(10-11-30(29)44-23)25-4-6-26(7-5-25)32-36-35(13-16-38(17-14-35)31(41)22-37(2)3)34(43)40(32)21-24-12-15-39(20-24)33(42)27-8-9-27/h4-7,10-11,18-19,24,27H,8-9,12-17,20-22H2,1-3H3/t24-/m1/s1. The molecule has 1 spiro atoms. The van der Waals surface area contributed by atoms with E-state index in [2.05, 4.69) is 36.4 Å². The summed E-state index contributed by atoms with van der Waals surface area (Å²) in [6, 6.07) is 16.6. The molecule has 0 N–H and O–H groups in total. The van der Waals surface area contributed by atoms with E-state index in [4.69, 9.17) is 9.41 Å². The number of aryl methyl sites for hydroxylation is 1. The highest BCUT2D eigenvalue weighted by Gasteiger charge is 2.51. The van der Waals surface area contributed by atoms with Gasteiger partial charge in [-0.1, -0.05) is 30.3 Å². The highest BCUT2D eigenvalue weighted by atomic mass is 16.3. The quantitative estimate of drug-likeness (QED) is 0.409. The normalized spacial score (nSPS) is 21.6. The molecule has 1 aromatic heterocycles. The van der Waals surface area contributed by atoms with Crippen molar-refractivity contribution in [2.45, 2.75) is 44.6 Å². The summed E-state index contributed by atoms with van der Waals surface area (Å²) in [5.41, 5.74) is 3.12. The molecule has 3 fully saturated rings. The van der Waals surface area contributed by atoms with Gasteiger partial charge in [0.1, 0.15) is 22.7 Å². The summed E-state index contributed by atoms with van der Waals surface area (Å²) >= 11 is 0. The van der Waals surface area contributed by atoms with E-state index in [0.717, 1.165) is 59.2 Å². The molecule has 0 bridgehead atoms. The molecule has 3 aliphatic heterocycles. The van der Waals surface area contributed by atoms with Crippen molar-refractivity contribution in [3.8, 4) is 11.1 Å². The minimum Gasteiger partial charge on any atom is -0.461 e. The molecule has 1 saturated carbocycles. The number of furan rings is 1. The van der Waals surface area contributed by atoms with Crippen LogP contribution in [0.4, 0.5) is 0 Å². The van der Waals surface area contributed by atoms with E-state index < -0.39 is 5.54 Å². The molecule has 1 atom stereocenters. The highest BCUT2D eigenvalue weighted by Crippen LogP contribution is 2.38.